The summed E-state index contributed by atoms with van der Waals surface area (Å²) in [4.78, 5) is 13.1. The lowest BCUT2D eigenvalue weighted by Gasteiger charge is -2.35. The van der Waals surface area contributed by atoms with Crippen LogP contribution >= 0.6 is 0 Å². The molecule has 2 rings (SSSR count). The van der Waals surface area contributed by atoms with Crippen molar-refractivity contribution in [2.75, 3.05) is 16.8 Å². The standard InChI is InChI=1S/C12H13F3N2O/c1-3-17-10-8(12(13,14)15)5-4-6-9(10)16-7(2)11(17)18/h4-7,16H,3H2,1-2H3. The quantitative estimate of drug-likeness (QED) is 0.840. The molecule has 1 amide bonds. The number of benzene rings is 1. The number of hydrogen-bond donors (Lipinski definition) is 1. The third-order valence-electron chi connectivity index (χ3n) is 2.94. The first-order valence-corrected chi connectivity index (χ1v) is 5.64. The van der Waals surface area contributed by atoms with Crippen molar-refractivity contribution >= 4 is 17.3 Å². The molecule has 1 aliphatic rings. The zero-order valence-corrected chi connectivity index (χ0v) is 10.0. The average molecular weight is 258 g/mol. The van der Waals surface area contributed by atoms with Gasteiger partial charge >= 0.3 is 6.18 Å². The number of nitrogens with zero attached hydrogens (tertiary/aromatic N) is 1. The molecule has 0 spiro atoms. The Bertz CT molecular complexity index is 485. The lowest BCUT2D eigenvalue weighted by Crippen LogP contribution is -2.46. The fraction of sp³-hybridized carbons (Fsp3) is 0.417. The highest BCUT2D eigenvalue weighted by molar-refractivity contribution is 6.05. The van der Waals surface area contributed by atoms with Crippen LogP contribution in [0.15, 0.2) is 18.2 Å². The molecule has 18 heavy (non-hydrogen) atoms. The SMILES string of the molecule is CCN1C(=O)C(C)Nc2cccc(C(F)(F)F)c21. The number of nitrogens with one attached hydrogen (secondary N) is 1. The first kappa shape index (κ1) is 12.7. The molecular weight excluding hydrogens is 245 g/mol. The highest BCUT2D eigenvalue weighted by atomic mass is 19.4. The van der Waals surface area contributed by atoms with Crippen LogP contribution in [0.1, 0.15) is 19.4 Å². The molecule has 0 radical (unpaired) electrons. The zero-order valence-electron chi connectivity index (χ0n) is 10.0. The van der Waals surface area contributed by atoms with Crippen molar-refractivity contribution < 1.29 is 18.0 Å². The van der Waals surface area contributed by atoms with E-state index in [4.69, 9.17) is 0 Å². The van der Waals surface area contributed by atoms with Crippen molar-refractivity contribution in [2.45, 2.75) is 26.1 Å². The molecule has 1 aliphatic heterocycles. The van der Waals surface area contributed by atoms with E-state index in [9.17, 15) is 18.0 Å². The molecule has 1 aromatic carbocycles. The molecule has 0 fully saturated rings. The van der Waals surface area contributed by atoms with Gasteiger partial charge in [-0.25, -0.2) is 0 Å². The maximum atomic E-state index is 12.9. The molecule has 1 N–H and O–H groups in total. The fourth-order valence-corrected chi connectivity index (χ4v) is 2.13. The predicted molar refractivity (Wildman–Crippen MR) is 62.6 cm³/mol. The fourth-order valence-electron chi connectivity index (χ4n) is 2.13. The zero-order chi connectivity index (χ0) is 13.5. The second-order valence-electron chi connectivity index (χ2n) is 4.15. The largest absolute Gasteiger partial charge is 0.418 e. The van der Waals surface area contributed by atoms with Gasteiger partial charge in [0.1, 0.15) is 6.04 Å². The Kier molecular flexibility index (Phi) is 2.96. The number of anilines is 2. The Morgan fingerprint density at radius 2 is 2.06 bits per heavy atom. The van der Waals surface area contributed by atoms with E-state index in [2.05, 4.69) is 5.32 Å². The van der Waals surface area contributed by atoms with Crippen LogP contribution in [-0.2, 0) is 11.0 Å². The van der Waals surface area contributed by atoms with Crippen molar-refractivity contribution in [1.29, 1.82) is 0 Å². The Morgan fingerprint density at radius 1 is 1.39 bits per heavy atom. The number of fused-ring (bicyclic) bond motifs is 1. The number of likely N-dealkylation sites (N-methyl/N-ethyl adjacent to an activating group) is 1. The summed E-state index contributed by atoms with van der Waals surface area (Å²) in [5.74, 6) is -0.346. The maximum absolute atomic E-state index is 12.9. The molecule has 0 bridgehead atoms. The molecular formula is C12H13F3N2O. The Morgan fingerprint density at radius 3 is 2.61 bits per heavy atom. The minimum Gasteiger partial charge on any atom is -0.372 e. The second-order valence-corrected chi connectivity index (χ2v) is 4.15. The Balaban J connectivity index is 2.64. The van der Waals surface area contributed by atoms with Crippen molar-refractivity contribution in [3.05, 3.63) is 23.8 Å². The van der Waals surface area contributed by atoms with Crippen LogP contribution in [0.2, 0.25) is 0 Å². The van der Waals surface area contributed by atoms with Gasteiger partial charge in [-0.15, -0.1) is 0 Å². The predicted octanol–water partition coefficient (Wildman–Crippen LogP) is 2.87. The first-order valence-electron chi connectivity index (χ1n) is 5.64. The normalized spacial score (nSPS) is 19.5. The number of carbonyl (C=O) groups excluding carboxylic acids is 1. The van der Waals surface area contributed by atoms with Gasteiger partial charge in [0.05, 0.1) is 16.9 Å². The van der Waals surface area contributed by atoms with Gasteiger partial charge in [0, 0.05) is 6.54 Å². The third-order valence-corrected chi connectivity index (χ3v) is 2.94. The monoisotopic (exact) mass is 258 g/mol. The summed E-state index contributed by atoms with van der Waals surface area (Å²) in [5.41, 5.74) is -0.510. The van der Waals surface area contributed by atoms with Gasteiger partial charge in [-0.05, 0) is 26.0 Å². The van der Waals surface area contributed by atoms with Crippen LogP contribution in [0.3, 0.4) is 0 Å². The topological polar surface area (TPSA) is 32.3 Å². The number of hydrogen-bond acceptors (Lipinski definition) is 2. The molecule has 98 valence electrons. The smallest absolute Gasteiger partial charge is 0.372 e. The Labute approximate surface area is 103 Å². The van der Waals surface area contributed by atoms with Crippen LogP contribution < -0.4 is 10.2 Å². The number of rotatable bonds is 1. The van der Waals surface area contributed by atoms with Gasteiger partial charge in [-0.2, -0.15) is 13.2 Å². The summed E-state index contributed by atoms with van der Waals surface area (Å²) in [6.45, 7) is 3.51. The van der Waals surface area contributed by atoms with E-state index in [-0.39, 0.29) is 18.1 Å². The minimum absolute atomic E-state index is 0.0735. The van der Waals surface area contributed by atoms with Crippen LogP contribution in [0, 0.1) is 0 Å². The lowest BCUT2D eigenvalue weighted by molar-refractivity contribution is -0.137. The summed E-state index contributed by atoms with van der Waals surface area (Å²) < 4.78 is 38.8. The van der Waals surface area contributed by atoms with Crippen LogP contribution in [-0.4, -0.2) is 18.5 Å². The number of halogens is 3. The van der Waals surface area contributed by atoms with E-state index in [1.54, 1.807) is 19.9 Å². The van der Waals surface area contributed by atoms with Crippen molar-refractivity contribution in [2.24, 2.45) is 0 Å². The van der Waals surface area contributed by atoms with E-state index in [0.717, 1.165) is 6.07 Å². The van der Waals surface area contributed by atoms with E-state index < -0.39 is 17.8 Å². The molecule has 1 atom stereocenters. The number of alkyl halides is 3. The summed E-state index contributed by atoms with van der Waals surface area (Å²) in [6, 6.07) is 3.37. The molecule has 0 saturated heterocycles. The highest BCUT2D eigenvalue weighted by Crippen LogP contribution is 2.42. The van der Waals surface area contributed by atoms with Crippen molar-refractivity contribution in [3.8, 4) is 0 Å². The number of amides is 1. The number of carbonyl (C=O) groups is 1. The molecule has 1 aromatic rings. The third kappa shape index (κ3) is 1.91. The minimum atomic E-state index is -4.47. The van der Waals surface area contributed by atoms with Crippen LogP contribution in [0.25, 0.3) is 0 Å². The van der Waals surface area contributed by atoms with Gasteiger partial charge in [0.15, 0.2) is 0 Å². The van der Waals surface area contributed by atoms with E-state index in [0.29, 0.717) is 5.69 Å². The molecule has 0 aliphatic carbocycles. The summed E-state index contributed by atoms with van der Waals surface area (Å²) in [5, 5.41) is 2.80. The van der Waals surface area contributed by atoms with Gasteiger partial charge in [-0.3, -0.25) is 4.79 Å². The van der Waals surface area contributed by atoms with Crippen molar-refractivity contribution in [3.63, 3.8) is 0 Å². The van der Waals surface area contributed by atoms with E-state index in [1.807, 2.05) is 0 Å². The maximum Gasteiger partial charge on any atom is 0.418 e. The molecule has 3 nitrogen and oxygen atoms in total. The van der Waals surface area contributed by atoms with Crippen LogP contribution in [0.5, 0.6) is 0 Å². The van der Waals surface area contributed by atoms with Gasteiger partial charge < -0.3 is 10.2 Å². The van der Waals surface area contributed by atoms with E-state index >= 15 is 0 Å². The average Bonchev–Trinajstić information content (AvgIpc) is 2.29. The second kappa shape index (κ2) is 4.19. The molecule has 1 unspecified atom stereocenters. The van der Waals surface area contributed by atoms with Gasteiger partial charge in [-0.1, -0.05) is 6.07 Å². The van der Waals surface area contributed by atoms with Gasteiger partial charge in [0.2, 0.25) is 5.91 Å². The number of para-hydroxylation sites is 1. The summed E-state index contributed by atoms with van der Waals surface area (Å²) in [7, 11) is 0. The molecule has 0 aromatic heterocycles. The van der Waals surface area contributed by atoms with Crippen molar-refractivity contribution in [1.82, 2.24) is 0 Å². The molecule has 6 heteroatoms. The Hall–Kier alpha value is -1.72. The first-order chi connectivity index (χ1) is 8.36. The van der Waals surface area contributed by atoms with Crippen LogP contribution in [0.4, 0.5) is 24.5 Å². The van der Waals surface area contributed by atoms with E-state index in [1.165, 1.54) is 11.0 Å². The van der Waals surface area contributed by atoms with Gasteiger partial charge in [0.25, 0.3) is 0 Å². The molecule has 0 saturated carbocycles. The highest BCUT2D eigenvalue weighted by Gasteiger charge is 2.39. The summed E-state index contributed by atoms with van der Waals surface area (Å²) in [6.07, 6.45) is -4.47. The molecule has 1 heterocycles. The summed E-state index contributed by atoms with van der Waals surface area (Å²) >= 11 is 0. The lowest BCUT2D eigenvalue weighted by atomic mass is 10.0.